The van der Waals surface area contributed by atoms with Crippen LogP contribution in [0.1, 0.15) is 32.6 Å². The number of piperidine rings is 1. The normalized spacial score (nSPS) is 30.1. The Hall–Kier alpha value is -1.30. The van der Waals surface area contributed by atoms with Crippen molar-refractivity contribution >= 4 is 12.0 Å². The minimum absolute atomic E-state index is 0.0921. The highest BCUT2D eigenvalue weighted by Gasteiger charge is 2.42. The summed E-state index contributed by atoms with van der Waals surface area (Å²) in [6, 6.07) is 0.00402. The van der Waals surface area contributed by atoms with Gasteiger partial charge in [-0.25, -0.2) is 4.79 Å². The number of urea groups is 1. The third kappa shape index (κ3) is 2.75. The molecule has 102 valence electrons. The Morgan fingerprint density at radius 3 is 2.50 bits per heavy atom. The molecule has 2 bridgehead atoms. The van der Waals surface area contributed by atoms with Crippen LogP contribution in [-0.4, -0.2) is 53.3 Å². The van der Waals surface area contributed by atoms with E-state index in [1.807, 2.05) is 0 Å². The number of nitrogens with one attached hydrogen (secondary N) is 1. The smallest absolute Gasteiger partial charge is 0.325 e. The average Bonchev–Trinajstić information content (AvgIpc) is 2.59. The summed E-state index contributed by atoms with van der Waals surface area (Å²) in [5, 5.41) is 12.2. The highest BCUT2D eigenvalue weighted by molar-refractivity contribution is 5.81. The van der Waals surface area contributed by atoms with Crippen LogP contribution in [0.4, 0.5) is 4.79 Å². The van der Waals surface area contributed by atoms with Crippen molar-refractivity contribution in [3.05, 3.63) is 0 Å². The molecule has 0 radical (unpaired) electrons. The van der Waals surface area contributed by atoms with E-state index in [2.05, 4.69) is 5.32 Å². The SMILES string of the molecule is CCOC(=O)CNC(=O)N1C2CCC1CC(O)C2. The Labute approximate surface area is 106 Å². The zero-order valence-corrected chi connectivity index (χ0v) is 10.6. The zero-order chi connectivity index (χ0) is 13.1. The van der Waals surface area contributed by atoms with Crippen molar-refractivity contribution in [1.82, 2.24) is 10.2 Å². The number of ether oxygens (including phenoxy) is 1. The van der Waals surface area contributed by atoms with Gasteiger partial charge in [0.05, 0.1) is 12.7 Å². The number of aliphatic hydroxyl groups excluding tert-OH is 1. The summed E-state index contributed by atoms with van der Waals surface area (Å²) in [7, 11) is 0. The summed E-state index contributed by atoms with van der Waals surface area (Å²) < 4.78 is 4.75. The van der Waals surface area contributed by atoms with Gasteiger partial charge in [0.2, 0.25) is 0 Å². The topological polar surface area (TPSA) is 78.9 Å². The van der Waals surface area contributed by atoms with E-state index in [4.69, 9.17) is 4.74 Å². The maximum Gasteiger partial charge on any atom is 0.325 e. The van der Waals surface area contributed by atoms with Crippen molar-refractivity contribution < 1.29 is 19.4 Å². The largest absolute Gasteiger partial charge is 0.465 e. The molecule has 6 heteroatoms. The molecule has 6 nitrogen and oxygen atoms in total. The van der Waals surface area contributed by atoms with Crippen molar-refractivity contribution in [2.75, 3.05) is 13.2 Å². The molecule has 0 saturated carbocycles. The first kappa shape index (κ1) is 13.1. The molecule has 0 spiro atoms. The third-order valence-electron chi connectivity index (χ3n) is 3.63. The molecular formula is C12H20N2O4. The Morgan fingerprint density at radius 1 is 1.33 bits per heavy atom. The van der Waals surface area contributed by atoms with Crippen LogP contribution < -0.4 is 5.32 Å². The number of fused-ring (bicyclic) bond motifs is 2. The van der Waals surface area contributed by atoms with Gasteiger partial charge in [0, 0.05) is 12.1 Å². The molecule has 2 aliphatic heterocycles. The van der Waals surface area contributed by atoms with Gasteiger partial charge in [0.25, 0.3) is 0 Å². The lowest BCUT2D eigenvalue weighted by molar-refractivity contribution is -0.141. The number of amides is 2. The van der Waals surface area contributed by atoms with Gasteiger partial charge in [0.1, 0.15) is 6.54 Å². The van der Waals surface area contributed by atoms with Crippen LogP contribution in [0.2, 0.25) is 0 Å². The quantitative estimate of drug-likeness (QED) is 0.709. The number of aliphatic hydroxyl groups is 1. The lowest BCUT2D eigenvalue weighted by Gasteiger charge is -2.36. The molecule has 0 aliphatic carbocycles. The van der Waals surface area contributed by atoms with Crippen LogP contribution in [-0.2, 0) is 9.53 Å². The fraction of sp³-hybridized carbons (Fsp3) is 0.833. The first-order chi connectivity index (χ1) is 8.61. The van der Waals surface area contributed by atoms with Gasteiger partial charge >= 0.3 is 12.0 Å². The fourth-order valence-electron chi connectivity index (χ4n) is 2.93. The van der Waals surface area contributed by atoms with Gasteiger partial charge in [0.15, 0.2) is 0 Å². The van der Waals surface area contributed by atoms with Gasteiger partial charge in [-0.15, -0.1) is 0 Å². The molecule has 2 aliphatic rings. The molecule has 0 aromatic carbocycles. The van der Waals surface area contributed by atoms with E-state index in [0.29, 0.717) is 19.4 Å². The minimum atomic E-state index is -0.421. The number of hydrogen-bond acceptors (Lipinski definition) is 4. The third-order valence-corrected chi connectivity index (χ3v) is 3.63. The summed E-state index contributed by atoms with van der Waals surface area (Å²) in [5.74, 6) is -0.421. The van der Waals surface area contributed by atoms with Crippen molar-refractivity contribution in [3.8, 4) is 0 Å². The maximum absolute atomic E-state index is 12.0. The van der Waals surface area contributed by atoms with Crippen molar-refractivity contribution in [1.29, 1.82) is 0 Å². The molecule has 2 fully saturated rings. The number of hydrogen-bond donors (Lipinski definition) is 2. The van der Waals surface area contributed by atoms with E-state index < -0.39 is 5.97 Å². The van der Waals surface area contributed by atoms with Gasteiger partial charge in [-0.05, 0) is 32.6 Å². The molecule has 2 unspecified atom stereocenters. The average molecular weight is 256 g/mol. The maximum atomic E-state index is 12.0. The molecule has 2 rings (SSSR count). The predicted molar refractivity (Wildman–Crippen MR) is 63.9 cm³/mol. The van der Waals surface area contributed by atoms with Crippen LogP contribution in [0, 0.1) is 0 Å². The van der Waals surface area contributed by atoms with E-state index in [-0.39, 0.29) is 30.8 Å². The monoisotopic (exact) mass is 256 g/mol. The summed E-state index contributed by atoms with van der Waals surface area (Å²) in [5.41, 5.74) is 0. The van der Waals surface area contributed by atoms with Crippen molar-refractivity contribution in [2.45, 2.75) is 50.8 Å². The number of esters is 1. The molecule has 2 heterocycles. The minimum Gasteiger partial charge on any atom is -0.465 e. The highest BCUT2D eigenvalue weighted by Crippen LogP contribution is 2.35. The van der Waals surface area contributed by atoms with Crippen molar-refractivity contribution in [2.24, 2.45) is 0 Å². The molecule has 2 saturated heterocycles. The molecule has 2 amide bonds. The van der Waals surface area contributed by atoms with Gasteiger partial charge in [-0.1, -0.05) is 0 Å². The Kier molecular flexibility index (Phi) is 4.06. The van der Waals surface area contributed by atoms with Gasteiger partial charge in [-0.2, -0.15) is 0 Å². The summed E-state index contributed by atoms with van der Waals surface area (Å²) in [6.07, 6.45) is 2.87. The Bertz CT molecular complexity index is 320. The molecule has 18 heavy (non-hydrogen) atoms. The molecule has 0 aromatic heterocycles. The van der Waals surface area contributed by atoms with E-state index in [1.165, 1.54) is 0 Å². The van der Waals surface area contributed by atoms with Gasteiger partial charge in [-0.3, -0.25) is 4.79 Å². The van der Waals surface area contributed by atoms with Crippen LogP contribution in [0.3, 0.4) is 0 Å². The van der Waals surface area contributed by atoms with E-state index in [1.54, 1.807) is 11.8 Å². The Balaban J connectivity index is 1.85. The predicted octanol–water partition coefficient (Wildman–Crippen LogP) is 0.247. The first-order valence-corrected chi connectivity index (χ1v) is 6.51. The Morgan fingerprint density at radius 2 is 1.94 bits per heavy atom. The van der Waals surface area contributed by atoms with E-state index >= 15 is 0 Å². The molecule has 0 aromatic rings. The van der Waals surface area contributed by atoms with Gasteiger partial charge < -0.3 is 20.1 Å². The number of rotatable bonds is 3. The molecule has 2 atom stereocenters. The second-order valence-electron chi connectivity index (χ2n) is 4.88. The van der Waals surface area contributed by atoms with Crippen LogP contribution in [0.5, 0.6) is 0 Å². The molecule has 2 N–H and O–H groups in total. The van der Waals surface area contributed by atoms with Crippen LogP contribution >= 0.6 is 0 Å². The lowest BCUT2D eigenvalue weighted by atomic mass is 10.0. The summed E-state index contributed by atoms with van der Waals surface area (Å²) in [4.78, 5) is 24.9. The number of carbonyl (C=O) groups is 2. The zero-order valence-electron chi connectivity index (χ0n) is 10.6. The molecular weight excluding hydrogens is 236 g/mol. The van der Waals surface area contributed by atoms with E-state index in [9.17, 15) is 14.7 Å². The number of carbonyl (C=O) groups excluding carboxylic acids is 2. The standard InChI is InChI=1S/C12H20N2O4/c1-2-18-11(16)7-13-12(17)14-8-3-4-9(14)6-10(15)5-8/h8-10,15H,2-7H2,1H3,(H,13,17). The fourth-order valence-corrected chi connectivity index (χ4v) is 2.93. The van der Waals surface area contributed by atoms with Crippen LogP contribution in [0.25, 0.3) is 0 Å². The summed E-state index contributed by atoms with van der Waals surface area (Å²) in [6.45, 7) is 1.95. The van der Waals surface area contributed by atoms with Crippen LogP contribution in [0.15, 0.2) is 0 Å². The highest BCUT2D eigenvalue weighted by atomic mass is 16.5. The van der Waals surface area contributed by atoms with Crippen molar-refractivity contribution in [3.63, 3.8) is 0 Å². The van der Waals surface area contributed by atoms with E-state index in [0.717, 1.165) is 12.8 Å². The summed E-state index contributed by atoms with van der Waals surface area (Å²) >= 11 is 0. The number of nitrogens with zero attached hydrogens (tertiary/aromatic N) is 1. The lowest BCUT2D eigenvalue weighted by Crippen LogP contribution is -2.52. The second kappa shape index (κ2) is 5.56. The first-order valence-electron chi connectivity index (χ1n) is 6.51. The second-order valence-corrected chi connectivity index (χ2v) is 4.88.